The second-order valence-electron chi connectivity index (χ2n) is 3.31. The van der Waals surface area contributed by atoms with E-state index in [1.54, 1.807) is 0 Å². The number of thiazole rings is 1. The number of likely N-dealkylation sites (N-methyl/N-ethyl adjacent to an activating group) is 1. The average molecular weight is 242 g/mol. The summed E-state index contributed by atoms with van der Waals surface area (Å²) in [4.78, 5) is 16.8. The summed E-state index contributed by atoms with van der Waals surface area (Å²) in [5, 5.41) is 4.06. The van der Waals surface area contributed by atoms with Gasteiger partial charge >= 0.3 is 5.97 Å². The van der Waals surface area contributed by atoms with Crippen molar-refractivity contribution in [3.63, 3.8) is 0 Å². The van der Waals surface area contributed by atoms with Crippen molar-refractivity contribution < 1.29 is 9.53 Å². The molecule has 0 aliphatic rings. The molecule has 1 N–H and O–H groups in total. The maximum atomic E-state index is 11.6. The number of rotatable bonds is 6. The van der Waals surface area contributed by atoms with Crippen molar-refractivity contribution in [2.75, 3.05) is 20.2 Å². The Morgan fingerprint density at radius 1 is 1.50 bits per heavy atom. The van der Waals surface area contributed by atoms with Gasteiger partial charge in [0.15, 0.2) is 0 Å². The van der Waals surface area contributed by atoms with E-state index in [9.17, 15) is 4.79 Å². The predicted octanol–water partition coefficient (Wildman–Crippen LogP) is 1.64. The van der Waals surface area contributed by atoms with Crippen LogP contribution in [0, 0.1) is 0 Å². The quantitative estimate of drug-likeness (QED) is 0.771. The van der Waals surface area contributed by atoms with Gasteiger partial charge in [-0.15, -0.1) is 11.3 Å². The average Bonchev–Trinajstić information content (AvgIpc) is 2.70. The Morgan fingerprint density at radius 2 is 2.25 bits per heavy atom. The molecule has 16 heavy (non-hydrogen) atoms. The molecule has 1 aromatic rings. The van der Waals surface area contributed by atoms with Gasteiger partial charge < -0.3 is 10.1 Å². The monoisotopic (exact) mass is 242 g/mol. The van der Waals surface area contributed by atoms with E-state index in [2.05, 4.69) is 10.3 Å². The minimum Gasteiger partial charge on any atom is -0.462 e. The number of nitrogens with zero attached hydrogens (tertiary/aromatic N) is 1. The van der Waals surface area contributed by atoms with Crippen LogP contribution >= 0.6 is 11.3 Å². The van der Waals surface area contributed by atoms with Gasteiger partial charge in [-0.3, -0.25) is 0 Å². The number of ether oxygens (including phenoxy) is 1. The topological polar surface area (TPSA) is 51.2 Å². The summed E-state index contributed by atoms with van der Waals surface area (Å²) in [5.74, 6) is -0.243. The lowest BCUT2D eigenvalue weighted by Gasteiger charge is -1.99. The van der Waals surface area contributed by atoms with E-state index in [1.807, 2.05) is 20.9 Å². The molecule has 0 saturated heterocycles. The van der Waals surface area contributed by atoms with Crippen LogP contribution in [-0.4, -0.2) is 31.2 Å². The molecule has 4 nitrogen and oxygen atoms in total. The van der Waals surface area contributed by atoms with Crippen molar-refractivity contribution >= 4 is 17.3 Å². The minimum atomic E-state index is -0.243. The molecule has 5 heteroatoms. The molecule has 0 bridgehead atoms. The molecule has 0 saturated carbocycles. The first-order valence-electron chi connectivity index (χ1n) is 5.53. The van der Waals surface area contributed by atoms with Gasteiger partial charge in [0.25, 0.3) is 0 Å². The molecule has 0 unspecified atom stereocenters. The van der Waals surface area contributed by atoms with Gasteiger partial charge in [-0.1, -0.05) is 6.92 Å². The van der Waals surface area contributed by atoms with Crippen molar-refractivity contribution in [2.24, 2.45) is 0 Å². The van der Waals surface area contributed by atoms with Gasteiger partial charge in [-0.25, -0.2) is 9.78 Å². The third-order valence-electron chi connectivity index (χ3n) is 2.13. The highest BCUT2D eigenvalue weighted by Crippen LogP contribution is 2.20. The molecule has 0 aromatic carbocycles. The minimum absolute atomic E-state index is 0.243. The normalized spacial score (nSPS) is 10.4. The van der Waals surface area contributed by atoms with Gasteiger partial charge in [0.2, 0.25) is 0 Å². The van der Waals surface area contributed by atoms with Crippen LogP contribution in [0.25, 0.3) is 0 Å². The second-order valence-corrected chi connectivity index (χ2v) is 4.39. The zero-order valence-electron chi connectivity index (χ0n) is 10.0. The molecule has 0 amide bonds. The standard InChI is InChI=1S/C11H18N2O2S/c1-4-8-10(11(14)15-5-2)16-9(13-8)6-7-12-3/h12H,4-7H2,1-3H3. The summed E-state index contributed by atoms with van der Waals surface area (Å²) in [6.07, 6.45) is 1.62. The number of carbonyl (C=O) groups excluding carboxylic acids is 1. The van der Waals surface area contributed by atoms with Crippen LogP contribution < -0.4 is 5.32 Å². The third-order valence-corrected chi connectivity index (χ3v) is 3.26. The Bertz CT molecular complexity index is 350. The van der Waals surface area contributed by atoms with Crippen LogP contribution in [0.4, 0.5) is 0 Å². The number of hydrogen-bond acceptors (Lipinski definition) is 5. The molecular formula is C11H18N2O2S. The SMILES string of the molecule is CCOC(=O)c1sc(CCNC)nc1CC. The van der Waals surface area contributed by atoms with Crippen LogP contribution in [0.2, 0.25) is 0 Å². The highest BCUT2D eigenvalue weighted by Gasteiger charge is 2.17. The Labute approximate surface area is 100 Å². The van der Waals surface area contributed by atoms with Crippen LogP contribution in [0.1, 0.15) is 34.2 Å². The molecule has 0 aliphatic carbocycles. The van der Waals surface area contributed by atoms with Gasteiger partial charge in [0, 0.05) is 13.0 Å². The lowest BCUT2D eigenvalue weighted by Crippen LogP contribution is -2.10. The van der Waals surface area contributed by atoms with Gasteiger partial charge in [-0.05, 0) is 20.4 Å². The number of aryl methyl sites for hydroxylation is 1. The van der Waals surface area contributed by atoms with Crippen LogP contribution in [0.5, 0.6) is 0 Å². The molecule has 1 heterocycles. The Morgan fingerprint density at radius 3 is 2.81 bits per heavy atom. The fraction of sp³-hybridized carbons (Fsp3) is 0.636. The number of carbonyl (C=O) groups is 1. The molecule has 0 radical (unpaired) electrons. The summed E-state index contributed by atoms with van der Waals surface area (Å²) in [6.45, 7) is 5.09. The van der Waals surface area contributed by atoms with Crippen molar-refractivity contribution in [2.45, 2.75) is 26.7 Å². The van der Waals surface area contributed by atoms with Crippen molar-refractivity contribution in [3.8, 4) is 0 Å². The number of aromatic nitrogens is 1. The first-order valence-corrected chi connectivity index (χ1v) is 6.34. The molecule has 0 aliphatic heterocycles. The van der Waals surface area contributed by atoms with Crippen molar-refractivity contribution in [1.82, 2.24) is 10.3 Å². The summed E-state index contributed by atoms with van der Waals surface area (Å²) in [5.41, 5.74) is 0.856. The largest absolute Gasteiger partial charge is 0.462 e. The smallest absolute Gasteiger partial charge is 0.350 e. The Kier molecular flexibility index (Phi) is 5.42. The van der Waals surface area contributed by atoms with Gasteiger partial charge in [0.05, 0.1) is 17.3 Å². The Hall–Kier alpha value is -0.940. The predicted molar refractivity (Wildman–Crippen MR) is 65.1 cm³/mol. The maximum absolute atomic E-state index is 11.6. The van der Waals surface area contributed by atoms with E-state index < -0.39 is 0 Å². The zero-order valence-corrected chi connectivity index (χ0v) is 10.8. The molecule has 0 fully saturated rings. The highest BCUT2D eigenvalue weighted by atomic mass is 32.1. The van der Waals surface area contributed by atoms with Crippen LogP contribution in [-0.2, 0) is 17.6 Å². The van der Waals surface area contributed by atoms with E-state index in [0.717, 1.165) is 30.1 Å². The molecule has 90 valence electrons. The van der Waals surface area contributed by atoms with E-state index >= 15 is 0 Å². The molecule has 1 aromatic heterocycles. The molecular weight excluding hydrogens is 224 g/mol. The van der Waals surface area contributed by atoms with Crippen molar-refractivity contribution in [1.29, 1.82) is 0 Å². The van der Waals surface area contributed by atoms with Crippen LogP contribution in [0.15, 0.2) is 0 Å². The second kappa shape index (κ2) is 6.60. The lowest BCUT2D eigenvalue weighted by molar-refractivity contribution is 0.0530. The number of esters is 1. The van der Waals surface area contributed by atoms with E-state index in [-0.39, 0.29) is 5.97 Å². The van der Waals surface area contributed by atoms with Gasteiger partial charge in [0.1, 0.15) is 4.88 Å². The first-order chi connectivity index (χ1) is 7.72. The van der Waals surface area contributed by atoms with E-state index in [0.29, 0.717) is 11.5 Å². The summed E-state index contributed by atoms with van der Waals surface area (Å²) < 4.78 is 5.00. The fourth-order valence-electron chi connectivity index (χ4n) is 1.34. The number of nitrogens with one attached hydrogen (secondary N) is 1. The van der Waals surface area contributed by atoms with E-state index in [1.165, 1.54) is 11.3 Å². The highest BCUT2D eigenvalue weighted by molar-refractivity contribution is 7.13. The molecule has 1 rings (SSSR count). The molecule has 0 atom stereocenters. The summed E-state index contributed by atoms with van der Waals surface area (Å²) in [6, 6.07) is 0. The van der Waals surface area contributed by atoms with Crippen molar-refractivity contribution in [3.05, 3.63) is 15.6 Å². The van der Waals surface area contributed by atoms with Gasteiger partial charge in [-0.2, -0.15) is 0 Å². The number of hydrogen-bond donors (Lipinski definition) is 1. The lowest BCUT2D eigenvalue weighted by atomic mass is 10.3. The first kappa shape index (κ1) is 13.1. The Balaban J connectivity index is 2.81. The summed E-state index contributed by atoms with van der Waals surface area (Å²) in [7, 11) is 1.90. The maximum Gasteiger partial charge on any atom is 0.350 e. The molecule has 0 spiro atoms. The summed E-state index contributed by atoms with van der Waals surface area (Å²) >= 11 is 1.45. The van der Waals surface area contributed by atoms with E-state index in [4.69, 9.17) is 4.74 Å². The fourth-order valence-corrected chi connectivity index (χ4v) is 2.38. The zero-order chi connectivity index (χ0) is 12.0. The third kappa shape index (κ3) is 3.28. The van der Waals surface area contributed by atoms with Crippen LogP contribution in [0.3, 0.4) is 0 Å².